The second-order valence-corrected chi connectivity index (χ2v) is 5.95. The summed E-state index contributed by atoms with van der Waals surface area (Å²) < 4.78 is 0. The van der Waals surface area contributed by atoms with Gasteiger partial charge in [0.2, 0.25) is 0 Å². The Balaban J connectivity index is 2.29. The number of nitrogens with two attached hydrogens (primary N) is 1. The van der Waals surface area contributed by atoms with Crippen LogP contribution in [0.5, 0.6) is 0 Å². The number of hydrogen-bond acceptors (Lipinski definition) is 3. The maximum absolute atomic E-state index is 6.51. The molecule has 102 valence electrons. The van der Waals surface area contributed by atoms with Crippen LogP contribution in [0.3, 0.4) is 0 Å². The zero-order valence-electron chi connectivity index (χ0n) is 12.0. The van der Waals surface area contributed by atoms with Gasteiger partial charge in [-0.1, -0.05) is 26.2 Å². The third-order valence-electron chi connectivity index (χ3n) is 3.91. The fourth-order valence-corrected chi connectivity index (χ4v) is 2.82. The van der Waals surface area contributed by atoms with Crippen LogP contribution in [0.1, 0.15) is 45.4 Å². The second kappa shape index (κ2) is 7.34. The third-order valence-corrected chi connectivity index (χ3v) is 3.91. The molecule has 3 nitrogen and oxygen atoms in total. The van der Waals surface area contributed by atoms with Gasteiger partial charge in [0.1, 0.15) is 0 Å². The second-order valence-electron chi connectivity index (χ2n) is 5.95. The molecule has 1 rings (SSSR count). The fourth-order valence-electron chi connectivity index (χ4n) is 2.82. The number of likely N-dealkylation sites (N-methyl/N-ethyl adjacent to an activating group) is 1. The Hall–Kier alpha value is -0.120. The Morgan fingerprint density at radius 3 is 2.24 bits per heavy atom. The van der Waals surface area contributed by atoms with E-state index >= 15 is 0 Å². The molecule has 0 spiro atoms. The zero-order chi connectivity index (χ0) is 12.7. The molecule has 0 amide bonds. The number of nitrogens with zero attached hydrogens (tertiary/aromatic N) is 2. The van der Waals surface area contributed by atoms with Crippen molar-refractivity contribution in [2.45, 2.75) is 51.0 Å². The van der Waals surface area contributed by atoms with E-state index in [4.69, 9.17) is 5.73 Å². The molecule has 1 saturated carbocycles. The molecule has 0 unspecified atom stereocenters. The van der Waals surface area contributed by atoms with Gasteiger partial charge in [-0.15, -0.1) is 0 Å². The maximum Gasteiger partial charge on any atom is 0.0283 e. The zero-order valence-corrected chi connectivity index (χ0v) is 12.0. The molecule has 0 bridgehead atoms. The van der Waals surface area contributed by atoms with E-state index in [1.807, 2.05) is 0 Å². The molecule has 1 fully saturated rings. The van der Waals surface area contributed by atoms with Crippen LogP contribution in [0.2, 0.25) is 0 Å². The van der Waals surface area contributed by atoms with Crippen LogP contribution >= 0.6 is 0 Å². The SMILES string of the molecule is CCN(CCCN(C)C)CC1(N)CCCCC1. The summed E-state index contributed by atoms with van der Waals surface area (Å²) >= 11 is 0. The maximum atomic E-state index is 6.51. The highest BCUT2D eigenvalue weighted by atomic mass is 15.1. The summed E-state index contributed by atoms with van der Waals surface area (Å²) in [6.45, 7) is 6.84. The molecule has 1 aliphatic rings. The van der Waals surface area contributed by atoms with Gasteiger partial charge in [-0.05, 0) is 53.0 Å². The van der Waals surface area contributed by atoms with E-state index in [1.54, 1.807) is 0 Å². The predicted octanol–water partition coefficient (Wildman–Crippen LogP) is 1.92. The highest BCUT2D eigenvalue weighted by Crippen LogP contribution is 2.26. The summed E-state index contributed by atoms with van der Waals surface area (Å²) in [7, 11) is 4.28. The molecule has 0 saturated heterocycles. The lowest BCUT2D eigenvalue weighted by molar-refractivity contribution is 0.173. The van der Waals surface area contributed by atoms with E-state index < -0.39 is 0 Å². The average molecular weight is 241 g/mol. The van der Waals surface area contributed by atoms with Crippen LogP contribution in [-0.2, 0) is 0 Å². The molecular formula is C14H31N3. The largest absolute Gasteiger partial charge is 0.324 e. The molecular weight excluding hydrogens is 210 g/mol. The molecule has 0 aromatic rings. The third kappa shape index (κ3) is 5.84. The van der Waals surface area contributed by atoms with E-state index in [0.29, 0.717) is 0 Å². The molecule has 1 aliphatic carbocycles. The van der Waals surface area contributed by atoms with Gasteiger partial charge in [0.15, 0.2) is 0 Å². The van der Waals surface area contributed by atoms with Crippen LogP contribution in [0, 0.1) is 0 Å². The Morgan fingerprint density at radius 1 is 1.06 bits per heavy atom. The molecule has 2 N–H and O–H groups in total. The summed E-state index contributed by atoms with van der Waals surface area (Å²) in [5.74, 6) is 0. The molecule has 0 aliphatic heterocycles. The monoisotopic (exact) mass is 241 g/mol. The van der Waals surface area contributed by atoms with Crippen LogP contribution < -0.4 is 5.73 Å². The smallest absolute Gasteiger partial charge is 0.0283 e. The summed E-state index contributed by atoms with van der Waals surface area (Å²) in [5.41, 5.74) is 6.62. The van der Waals surface area contributed by atoms with Crippen molar-refractivity contribution in [1.82, 2.24) is 9.80 Å². The minimum Gasteiger partial charge on any atom is -0.324 e. The van der Waals surface area contributed by atoms with Crippen LogP contribution in [0.4, 0.5) is 0 Å². The Morgan fingerprint density at radius 2 is 1.71 bits per heavy atom. The van der Waals surface area contributed by atoms with Gasteiger partial charge in [0, 0.05) is 12.1 Å². The molecule has 0 aromatic heterocycles. The van der Waals surface area contributed by atoms with Crippen molar-refractivity contribution < 1.29 is 0 Å². The molecule has 0 atom stereocenters. The average Bonchev–Trinajstić information content (AvgIpc) is 2.28. The van der Waals surface area contributed by atoms with Crippen molar-refractivity contribution >= 4 is 0 Å². The van der Waals surface area contributed by atoms with Gasteiger partial charge in [0.05, 0.1) is 0 Å². The quantitative estimate of drug-likeness (QED) is 0.739. The van der Waals surface area contributed by atoms with Gasteiger partial charge in [-0.2, -0.15) is 0 Å². The van der Waals surface area contributed by atoms with Gasteiger partial charge < -0.3 is 15.5 Å². The topological polar surface area (TPSA) is 32.5 Å². The van der Waals surface area contributed by atoms with E-state index in [-0.39, 0.29) is 5.54 Å². The first-order valence-corrected chi connectivity index (χ1v) is 7.22. The van der Waals surface area contributed by atoms with E-state index in [2.05, 4.69) is 30.8 Å². The van der Waals surface area contributed by atoms with Crippen LogP contribution in [0.25, 0.3) is 0 Å². The number of rotatable bonds is 7. The van der Waals surface area contributed by atoms with Crippen molar-refractivity contribution in [1.29, 1.82) is 0 Å². The van der Waals surface area contributed by atoms with Crippen molar-refractivity contribution in [3.63, 3.8) is 0 Å². The van der Waals surface area contributed by atoms with Crippen molar-refractivity contribution in [2.75, 3.05) is 40.3 Å². The predicted molar refractivity (Wildman–Crippen MR) is 75.3 cm³/mol. The highest BCUT2D eigenvalue weighted by molar-refractivity contribution is 4.90. The van der Waals surface area contributed by atoms with E-state index in [9.17, 15) is 0 Å². The molecule has 3 heteroatoms. The minimum atomic E-state index is 0.104. The molecule has 0 heterocycles. The highest BCUT2D eigenvalue weighted by Gasteiger charge is 2.28. The summed E-state index contributed by atoms with van der Waals surface area (Å²) in [6, 6.07) is 0. The van der Waals surface area contributed by atoms with Gasteiger partial charge in [-0.25, -0.2) is 0 Å². The lowest BCUT2D eigenvalue weighted by Gasteiger charge is -2.38. The first kappa shape index (κ1) is 14.9. The minimum absolute atomic E-state index is 0.104. The summed E-state index contributed by atoms with van der Waals surface area (Å²) in [6.07, 6.45) is 7.72. The molecule has 17 heavy (non-hydrogen) atoms. The van der Waals surface area contributed by atoms with Gasteiger partial charge in [0.25, 0.3) is 0 Å². The van der Waals surface area contributed by atoms with Crippen molar-refractivity contribution in [3.05, 3.63) is 0 Å². The lowest BCUT2D eigenvalue weighted by atomic mass is 9.82. The van der Waals surface area contributed by atoms with Crippen molar-refractivity contribution in [2.24, 2.45) is 5.73 Å². The van der Waals surface area contributed by atoms with Crippen LogP contribution in [0.15, 0.2) is 0 Å². The fraction of sp³-hybridized carbons (Fsp3) is 1.00. The Kier molecular flexibility index (Phi) is 6.45. The van der Waals surface area contributed by atoms with Crippen LogP contribution in [-0.4, -0.2) is 55.6 Å². The molecule has 0 radical (unpaired) electrons. The van der Waals surface area contributed by atoms with E-state index in [1.165, 1.54) is 51.6 Å². The van der Waals surface area contributed by atoms with Gasteiger partial charge >= 0.3 is 0 Å². The standard InChI is InChI=1S/C14H31N3/c1-4-17(12-8-11-16(2)3)13-14(15)9-6-5-7-10-14/h4-13,15H2,1-3H3. The normalized spacial score (nSPS) is 20.1. The lowest BCUT2D eigenvalue weighted by Crippen LogP contribution is -2.51. The summed E-state index contributed by atoms with van der Waals surface area (Å²) in [5, 5.41) is 0. The Labute approximate surface area is 107 Å². The Bertz CT molecular complexity index is 198. The first-order chi connectivity index (χ1) is 8.06. The first-order valence-electron chi connectivity index (χ1n) is 7.22. The van der Waals surface area contributed by atoms with E-state index in [0.717, 1.165) is 13.1 Å². The van der Waals surface area contributed by atoms with Gasteiger partial charge in [-0.3, -0.25) is 0 Å². The number of hydrogen-bond donors (Lipinski definition) is 1. The summed E-state index contributed by atoms with van der Waals surface area (Å²) in [4.78, 5) is 4.79. The van der Waals surface area contributed by atoms with Crippen molar-refractivity contribution in [3.8, 4) is 0 Å². The molecule has 0 aromatic carbocycles.